The number of hydrogen-bond acceptors (Lipinski definition) is 3. The molecule has 0 radical (unpaired) electrons. The lowest BCUT2D eigenvalue weighted by molar-refractivity contribution is 0.175. The third-order valence-corrected chi connectivity index (χ3v) is 7.24. The average Bonchev–Trinajstić information content (AvgIpc) is 3.21. The zero-order valence-corrected chi connectivity index (χ0v) is 16.0. The second-order valence-corrected chi connectivity index (χ2v) is 8.96. The van der Waals surface area contributed by atoms with Crippen molar-refractivity contribution in [2.45, 2.75) is 37.5 Å². The summed E-state index contributed by atoms with van der Waals surface area (Å²) in [7, 11) is -3.48. The van der Waals surface area contributed by atoms with Crippen molar-refractivity contribution >= 4 is 16.1 Å². The van der Waals surface area contributed by atoms with Crippen molar-refractivity contribution in [3.8, 4) is 0 Å². The first kappa shape index (κ1) is 18.9. The van der Waals surface area contributed by atoms with Gasteiger partial charge in [0.15, 0.2) is 0 Å². The summed E-state index contributed by atoms with van der Waals surface area (Å²) in [5.41, 5.74) is 1.22. The molecule has 1 heterocycles. The molecule has 2 amide bonds. The van der Waals surface area contributed by atoms with E-state index in [2.05, 4.69) is 12.2 Å². The van der Waals surface area contributed by atoms with Gasteiger partial charge in [-0.15, -0.1) is 0 Å². The van der Waals surface area contributed by atoms with E-state index in [4.69, 9.17) is 0 Å². The van der Waals surface area contributed by atoms with Gasteiger partial charge < -0.3 is 10.2 Å². The van der Waals surface area contributed by atoms with Crippen LogP contribution < -0.4 is 5.32 Å². The first-order valence-electron chi connectivity index (χ1n) is 9.26. The third kappa shape index (κ3) is 4.27. The van der Waals surface area contributed by atoms with Gasteiger partial charge in [0, 0.05) is 32.4 Å². The van der Waals surface area contributed by atoms with Crippen LogP contribution in [0.4, 0.5) is 4.79 Å². The van der Waals surface area contributed by atoms with E-state index in [0.717, 1.165) is 0 Å². The number of nitrogens with zero attached hydrogens (tertiary/aromatic N) is 2. The van der Waals surface area contributed by atoms with Gasteiger partial charge in [-0.1, -0.05) is 36.6 Å². The van der Waals surface area contributed by atoms with Gasteiger partial charge in [0.25, 0.3) is 0 Å². The summed E-state index contributed by atoms with van der Waals surface area (Å²) >= 11 is 0. The van der Waals surface area contributed by atoms with Gasteiger partial charge in [-0.3, -0.25) is 0 Å². The molecule has 26 heavy (non-hydrogen) atoms. The highest BCUT2D eigenvalue weighted by atomic mass is 32.2. The molecule has 2 aliphatic rings. The Kier molecular flexibility index (Phi) is 5.98. The second-order valence-electron chi connectivity index (χ2n) is 7.02. The molecular weight excluding hydrogens is 350 g/mol. The highest BCUT2D eigenvalue weighted by Gasteiger charge is 2.29. The van der Waals surface area contributed by atoms with Gasteiger partial charge in [-0.2, -0.15) is 4.31 Å². The number of amides is 2. The summed E-state index contributed by atoms with van der Waals surface area (Å²) in [6.45, 7) is 3.50. The SMILES string of the molecule is C/C(=C\NC(=O)N1CCN(S(=O)(=O)c2ccccc2)CC1)C1CCCC1. The van der Waals surface area contributed by atoms with Crippen molar-refractivity contribution in [3.05, 3.63) is 42.1 Å². The molecule has 1 aromatic rings. The van der Waals surface area contributed by atoms with Crippen molar-refractivity contribution in [1.29, 1.82) is 0 Å². The fourth-order valence-corrected chi connectivity index (χ4v) is 5.08. The molecule has 7 heteroatoms. The number of piperazine rings is 1. The van der Waals surface area contributed by atoms with Crippen LogP contribution in [0.15, 0.2) is 47.0 Å². The molecule has 0 spiro atoms. The Morgan fingerprint density at radius 1 is 1.08 bits per heavy atom. The van der Waals surface area contributed by atoms with Crippen LogP contribution in [0, 0.1) is 5.92 Å². The number of nitrogens with one attached hydrogen (secondary N) is 1. The maximum atomic E-state index is 12.6. The maximum absolute atomic E-state index is 12.6. The van der Waals surface area contributed by atoms with E-state index in [1.807, 2.05) is 6.20 Å². The monoisotopic (exact) mass is 377 g/mol. The minimum Gasteiger partial charge on any atom is -0.322 e. The zero-order chi connectivity index (χ0) is 18.6. The van der Waals surface area contributed by atoms with Crippen LogP contribution in [0.25, 0.3) is 0 Å². The van der Waals surface area contributed by atoms with Crippen LogP contribution in [0.2, 0.25) is 0 Å². The lowest BCUT2D eigenvalue weighted by Gasteiger charge is -2.33. The quantitative estimate of drug-likeness (QED) is 0.877. The number of carbonyl (C=O) groups excluding carboxylic acids is 1. The van der Waals surface area contributed by atoms with E-state index in [-0.39, 0.29) is 6.03 Å². The number of allylic oxidation sites excluding steroid dienone is 1. The number of sulfonamides is 1. The average molecular weight is 378 g/mol. The van der Waals surface area contributed by atoms with Crippen LogP contribution >= 0.6 is 0 Å². The van der Waals surface area contributed by atoms with Crippen LogP contribution in [-0.2, 0) is 10.0 Å². The Morgan fingerprint density at radius 2 is 1.69 bits per heavy atom. The predicted molar refractivity (Wildman–Crippen MR) is 101 cm³/mol. The smallest absolute Gasteiger partial charge is 0.321 e. The van der Waals surface area contributed by atoms with Crippen molar-refractivity contribution in [2.75, 3.05) is 26.2 Å². The molecule has 0 bridgehead atoms. The Hall–Kier alpha value is -1.86. The number of urea groups is 1. The van der Waals surface area contributed by atoms with E-state index in [9.17, 15) is 13.2 Å². The van der Waals surface area contributed by atoms with Crippen molar-refractivity contribution in [2.24, 2.45) is 5.92 Å². The lowest BCUT2D eigenvalue weighted by Crippen LogP contribution is -2.52. The summed E-state index contributed by atoms with van der Waals surface area (Å²) in [5.74, 6) is 0.586. The van der Waals surface area contributed by atoms with Crippen LogP contribution in [-0.4, -0.2) is 49.8 Å². The summed E-state index contributed by atoms with van der Waals surface area (Å²) < 4.78 is 26.7. The molecular formula is C19H27N3O3S. The first-order chi connectivity index (χ1) is 12.5. The molecule has 1 aromatic carbocycles. The molecule has 1 aliphatic carbocycles. The van der Waals surface area contributed by atoms with E-state index in [0.29, 0.717) is 37.0 Å². The summed E-state index contributed by atoms with van der Waals surface area (Å²) in [6.07, 6.45) is 6.76. The highest BCUT2D eigenvalue weighted by Crippen LogP contribution is 2.30. The molecule has 3 rings (SSSR count). The summed E-state index contributed by atoms with van der Waals surface area (Å²) in [4.78, 5) is 14.3. The van der Waals surface area contributed by atoms with Crippen LogP contribution in [0.1, 0.15) is 32.6 Å². The standard InChI is InChI=1S/C19H27N3O3S/c1-16(17-7-5-6-8-17)15-20-19(23)21-11-13-22(14-12-21)26(24,25)18-9-3-2-4-10-18/h2-4,9-10,15,17H,5-8,11-14H2,1H3,(H,20,23)/b16-15+. The number of hydrogen-bond donors (Lipinski definition) is 1. The summed E-state index contributed by atoms with van der Waals surface area (Å²) in [6, 6.07) is 8.28. The maximum Gasteiger partial charge on any atom is 0.321 e. The van der Waals surface area contributed by atoms with Crippen molar-refractivity contribution in [3.63, 3.8) is 0 Å². The second kappa shape index (κ2) is 8.22. The molecule has 1 saturated heterocycles. The number of benzene rings is 1. The highest BCUT2D eigenvalue weighted by molar-refractivity contribution is 7.89. The molecule has 6 nitrogen and oxygen atoms in total. The van der Waals surface area contributed by atoms with Crippen LogP contribution in [0.3, 0.4) is 0 Å². The summed E-state index contributed by atoms with van der Waals surface area (Å²) in [5, 5.41) is 2.87. The van der Waals surface area contributed by atoms with Gasteiger partial charge in [-0.25, -0.2) is 13.2 Å². The molecule has 1 N–H and O–H groups in total. The largest absolute Gasteiger partial charge is 0.322 e. The molecule has 1 aliphatic heterocycles. The fraction of sp³-hybridized carbons (Fsp3) is 0.526. The predicted octanol–water partition coefficient (Wildman–Crippen LogP) is 2.80. The minimum atomic E-state index is -3.48. The molecule has 0 aromatic heterocycles. The van der Waals surface area contributed by atoms with Gasteiger partial charge >= 0.3 is 6.03 Å². The van der Waals surface area contributed by atoms with Gasteiger partial charge in [0.1, 0.15) is 0 Å². The Labute approximate surface area is 155 Å². The van der Waals surface area contributed by atoms with Crippen LogP contribution in [0.5, 0.6) is 0 Å². The van der Waals surface area contributed by atoms with Crippen molar-refractivity contribution in [1.82, 2.24) is 14.5 Å². The zero-order valence-electron chi connectivity index (χ0n) is 15.2. The molecule has 2 fully saturated rings. The number of carbonyl (C=O) groups is 1. The van der Waals surface area contributed by atoms with Gasteiger partial charge in [0.05, 0.1) is 4.90 Å². The normalized spacial score (nSPS) is 20.3. The Balaban J connectivity index is 1.53. The Morgan fingerprint density at radius 3 is 2.31 bits per heavy atom. The Bertz CT molecular complexity index is 747. The van der Waals surface area contributed by atoms with Gasteiger partial charge in [-0.05, 0) is 37.8 Å². The fourth-order valence-electron chi connectivity index (χ4n) is 3.64. The van der Waals surface area contributed by atoms with Gasteiger partial charge in [0.2, 0.25) is 10.0 Å². The van der Waals surface area contributed by atoms with Crippen molar-refractivity contribution < 1.29 is 13.2 Å². The number of rotatable bonds is 4. The van der Waals surface area contributed by atoms with E-state index >= 15 is 0 Å². The molecule has 0 atom stereocenters. The first-order valence-corrected chi connectivity index (χ1v) is 10.7. The third-order valence-electron chi connectivity index (χ3n) is 5.33. The van der Waals surface area contributed by atoms with E-state index < -0.39 is 10.0 Å². The van der Waals surface area contributed by atoms with E-state index in [1.54, 1.807) is 35.2 Å². The lowest BCUT2D eigenvalue weighted by atomic mass is 10.0. The van der Waals surface area contributed by atoms with E-state index in [1.165, 1.54) is 35.6 Å². The molecule has 142 valence electrons. The molecule has 1 saturated carbocycles. The molecule has 0 unspecified atom stereocenters. The minimum absolute atomic E-state index is 0.154. The topological polar surface area (TPSA) is 69.7 Å².